The van der Waals surface area contributed by atoms with Crippen LogP contribution in [0.3, 0.4) is 0 Å². The summed E-state index contributed by atoms with van der Waals surface area (Å²) < 4.78 is 0. The van der Waals surface area contributed by atoms with Gasteiger partial charge in [-0.3, -0.25) is 9.59 Å². The monoisotopic (exact) mass is 326 g/mol. The van der Waals surface area contributed by atoms with E-state index in [-0.39, 0.29) is 17.7 Å². The second-order valence-corrected chi connectivity index (χ2v) is 6.78. The van der Waals surface area contributed by atoms with E-state index in [1.807, 2.05) is 24.3 Å². The van der Waals surface area contributed by atoms with E-state index in [1.54, 1.807) is 4.90 Å². The zero-order chi connectivity index (χ0) is 16.9. The van der Waals surface area contributed by atoms with E-state index in [2.05, 4.69) is 24.4 Å². The molecule has 1 aromatic rings. The first-order valence-corrected chi connectivity index (χ1v) is 9.00. The van der Waals surface area contributed by atoms with Gasteiger partial charge in [0.25, 0.3) is 0 Å². The minimum atomic E-state index is -0.235. The summed E-state index contributed by atoms with van der Waals surface area (Å²) in [6.45, 7) is 3.30. The van der Waals surface area contributed by atoms with E-state index in [4.69, 9.17) is 0 Å². The molecule has 1 aromatic carbocycles. The SMILES string of the molecule is CCc1ccccc1N1C[C@H](C(=O)NC[C@@H]2CC=CCC2)CC1=O. The number of amides is 2. The predicted molar refractivity (Wildman–Crippen MR) is 95.8 cm³/mol. The Morgan fingerprint density at radius 1 is 1.29 bits per heavy atom. The second kappa shape index (κ2) is 7.65. The van der Waals surface area contributed by atoms with Crippen molar-refractivity contribution in [3.05, 3.63) is 42.0 Å². The number of rotatable bonds is 5. The molecule has 2 atom stereocenters. The lowest BCUT2D eigenvalue weighted by Gasteiger charge is -2.21. The Balaban J connectivity index is 1.59. The maximum absolute atomic E-state index is 12.5. The van der Waals surface area contributed by atoms with Gasteiger partial charge in [-0.1, -0.05) is 37.3 Å². The third kappa shape index (κ3) is 3.69. The number of para-hydroxylation sites is 1. The quantitative estimate of drug-likeness (QED) is 0.846. The van der Waals surface area contributed by atoms with Crippen LogP contribution in [0.15, 0.2) is 36.4 Å². The van der Waals surface area contributed by atoms with Gasteiger partial charge in [-0.2, -0.15) is 0 Å². The van der Waals surface area contributed by atoms with Crippen LogP contribution in [-0.2, 0) is 16.0 Å². The van der Waals surface area contributed by atoms with Crippen LogP contribution in [0.5, 0.6) is 0 Å². The van der Waals surface area contributed by atoms with Crippen LogP contribution in [0.4, 0.5) is 5.69 Å². The molecule has 4 heteroatoms. The molecule has 0 aromatic heterocycles. The van der Waals surface area contributed by atoms with E-state index in [9.17, 15) is 9.59 Å². The summed E-state index contributed by atoms with van der Waals surface area (Å²) in [5.41, 5.74) is 2.11. The molecule has 2 amide bonds. The zero-order valence-electron chi connectivity index (χ0n) is 14.3. The fourth-order valence-electron chi connectivity index (χ4n) is 3.62. The van der Waals surface area contributed by atoms with Crippen molar-refractivity contribution >= 4 is 17.5 Å². The van der Waals surface area contributed by atoms with Gasteiger partial charge in [0.1, 0.15) is 0 Å². The molecule has 0 saturated carbocycles. The summed E-state index contributed by atoms with van der Waals surface area (Å²) in [6.07, 6.45) is 8.88. The Morgan fingerprint density at radius 3 is 2.88 bits per heavy atom. The Hall–Kier alpha value is -2.10. The minimum Gasteiger partial charge on any atom is -0.356 e. The minimum absolute atomic E-state index is 0.0226. The smallest absolute Gasteiger partial charge is 0.227 e. The molecular weight excluding hydrogens is 300 g/mol. The highest BCUT2D eigenvalue weighted by Gasteiger charge is 2.35. The van der Waals surface area contributed by atoms with Gasteiger partial charge >= 0.3 is 0 Å². The Bertz CT molecular complexity index is 638. The number of hydrogen-bond acceptors (Lipinski definition) is 2. The lowest BCUT2D eigenvalue weighted by atomic mass is 9.94. The van der Waals surface area contributed by atoms with E-state index >= 15 is 0 Å². The van der Waals surface area contributed by atoms with Crippen molar-refractivity contribution in [2.75, 3.05) is 18.0 Å². The molecule has 24 heavy (non-hydrogen) atoms. The van der Waals surface area contributed by atoms with Crippen molar-refractivity contribution in [1.29, 1.82) is 0 Å². The first-order chi connectivity index (χ1) is 11.7. The molecule has 1 heterocycles. The highest BCUT2D eigenvalue weighted by Crippen LogP contribution is 2.28. The van der Waals surface area contributed by atoms with Gasteiger partial charge in [0.2, 0.25) is 11.8 Å². The van der Waals surface area contributed by atoms with Gasteiger partial charge in [-0.15, -0.1) is 0 Å². The summed E-state index contributed by atoms with van der Waals surface area (Å²) in [5.74, 6) is 0.376. The molecule has 1 aliphatic carbocycles. The van der Waals surface area contributed by atoms with Gasteiger partial charge in [0.15, 0.2) is 0 Å². The Kier molecular flexibility index (Phi) is 5.34. The first kappa shape index (κ1) is 16.7. The molecule has 3 rings (SSSR count). The number of carbonyl (C=O) groups is 2. The van der Waals surface area contributed by atoms with Gasteiger partial charge in [-0.05, 0) is 43.2 Å². The maximum Gasteiger partial charge on any atom is 0.227 e. The van der Waals surface area contributed by atoms with E-state index in [0.29, 0.717) is 18.9 Å². The molecule has 1 aliphatic heterocycles. The number of aryl methyl sites for hydroxylation is 1. The number of nitrogens with one attached hydrogen (secondary N) is 1. The molecule has 1 saturated heterocycles. The van der Waals surface area contributed by atoms with Crippen LogP contribution in [0, 0.1) is 11.8 Å². The maximum atomic E-state index is 12.5. The lowest BCUT2D eigenvalue weighted by Crippen LogP contribution is -2.36. The predicted octanol–water partition coefficient (Wildman–Crippen LogP) is 3.07. The molecule has 0 unspecified atom stereocenters. The first-order valence-electron chi connectivity index (χ1n) is 9.00. The van der Waals surface area contributed by atoms with E-state index < -0.39 is 0 Å². The Morgan fingerprint density at radius 2 is 2.12 bits per heavy atom. The number of allylic oxidation sites excluding steroid dienone is 2. The van der Waals surface area contributed by atoms with Crippen LogP contribution in [-0.4, -0.2) is 24.9 Å². The van der Waals surface area contributed by atoms with Crippen molar-refractivity contribution in [2.45, 2.75) is 39.0 Å². The van der Waals surface area contributed by atoms with Crippen LogP contribution in [0.2, 0.25) is 0 Å². The fourth-order valence-corrected chi connectivity index (χ4v) is 3.62. The average Bonchev–Trinajstić information content (AvgIpc) is 3.02. The average molecular weight is 326 g/mol. The van der Waals surface area contributed by atoms with Crippen molar-refractivity contribution < 1.29 is 9.59 Å². The number of benzene rings is 1. The standard InChI is InChI=1S/C20H26N2O2/c1-2-16-10-6-7-11-18(16)22-14-17(12-19(22)23)20(24)21-13-15-8-4-3-5-9-15/h3-4,6-7,10-11,15,17H,2,5,8-9,12-14H2,1H3,(H,21,24)/t15-,17-/m1/s1. The summed E-state index contributed by atoms with van der Waals surface area (Å²) in [4.78, 5) is 26.6. The summed E-state index contributed by atoms with van der Waals surface area (Å²) >= 11 is 0. The normalized spacial score (nSPS) is 23.5. The van der Waals surface area contributed by atoms with Crippen molar-refractivity contribution in [3.8, 4) is 0 Å². The van der Waals surface area contributed by atoms with E-state index in [1.165, 1.54) is 0 Å². The van der Waals surface area contributed by atoms with Crippen molar-refractivity contribution in [2.24, 2.45) is 11.8 Å². The second-order valence-electron chi connectivity index (χ2n) is 6.78. The van der Waals surface area contributed by atoms with Crippen LogP contribution in [0.25, 0.3) is 0 Å². The number of hydrogen-bond donors (Lipinski definition) is 1. The van der Waals surface area contributed by atoms with Crippen LogP contribution < -0.4 is 10.2 Å². The molecule has 1 N–H and O–H groups in total. The van der Waals surface area contributed by atoms with Gasteiger partial charge in [0, 0.05) is 25.2 Å². The van der Waals surface area contributed by atoms with Gasteiger partial charge < -0.3 is 10.2 Å². The molecule has 0 radical (unpaired) electrons. The van der Waals surface area contributed by atoms with Gasteiger partial charge in [-0.25, -0.2) is 0 Å². The highest BCUT2D eigenvalue weighted by molar-refractivity contribution is 6.00. The molecule has 0 bridgehead atoms. The molecule has 2 aliphatic rings. The number of carbonyl (C=O) groups excluding carboxylic acids is 2. The lowest BCUT2D eigenvalue weighted by molar-refractivity contribution is -0.126. The third-order valence-electron chi connectivity index (χ3n) is 5.10. The summed E-state index contributed by atoms with van der Waals surface area (Å²) in [7, 11) is 0. The number of nitrogens with zero attached hydrogens (tertiary/aromatic N) is 1. The molecule has 4 nitrogen and oxygen atoms in total. The molecule has 128 valence electrons. The van der Waals surface area contributed by atoms with Crippen molar-refractivity contribution in [1.82, 2.24) is 5.32 Å². The fraction of sp³-hybridized carbons (Fsp3) is 0.500. The highest BCUT2D eigenvalue weighted by atomic mass is 16.2. The van der Waals surface area contributed by atoms with Crippen LogP contribution >= 0.6 is 0 Å². The topological polar surface area (TPSA) is 49.4 Å². The Labute approximate surface area is 143 Å². The zero-order valence-corrected chi connectivity index (χ0v) is 14.3. The molecule has 1 fully saturated rings. The summed E-state index contributed by atoms with van der Waals surface area (Å²) in [6, 6.07) is 7.97. The largest absolute Gasteiger partial charge is 0.356 e. The summed E-state index contributed by atoms with van der Waals surface area (Å²) in [5, 5.41) is 3.06. The molecular formula is C20H26N2O2. The third-order valence-corrected chi connectivity index (χ3v) is 5.10. The van der Waals surface area contributed by atoms with Crippen LogP contribution in [0.1, 0.15) is 38.2 Å². The van der Waals surface area contributed by atoms with Gasteiger partial charge in [0.05, 0.1) is 5.92 Å². The number of anilines is 1. The van der Waals surface area contributed by atoms with E-state index in [0.717, 1.165) is 43.5 Å². The van der Waals surface area contributed by atoms with Crippen molar-refractivity contribution in [3.63, 3.8) is 0 Å². The molecule has 0 spiro atoms.